The number of para-hydroxylation sites is 1. The minimum atomic E-state index is -0.372. The van der Waals surface area contributed by atoms with Gasteiger partial charge in [0, 0.05) is 12.5 Å². The van der Waals surface area contributed by atoms with E-state index in [1.165, 1.54) is 16.3 Å². The highest BCUT2D eigenvalue weighted by molar-refractivity contribution is 7.99. The molecule has 0 N–H and O–H groups in total. The van der Waals surface area contributed by atoms with Crippen LogP contribution in [0.4, 0.5) is 0 Å². The van der Waals surface area contributed by atoms with Crippen LogP contribution in [0.15, 0.2) is 34.2 Å². The number of hydrogen-bond acceptors (Lipinski definition) is 4. The van der Waals surface area contributed by atoms with Gasteiger partial charge >= 0.3 is 0 Å². The van der Waals surface area contributed by atoms with Gasteiger partial charge < -0.3 is 0 Å². The number of thioether (sulfide) groups is 1. The van der Waals surface area contributed by atoms with Crippen LogP contribution in [0.1, 0.15) is 20.8 Å². The first kappa shape index (κ1) is 14.8. The predicted molar refractivity (Wildman–Crippen MR) is 82.2 cm³/mol. The van der Waals surface area contributed by atoms with Gasteiger partial charge in [-0.1, -0.05) is 44.7 Å². The molecule has 0 saturated heterocycles. The fourth-order valence-electron chi connectivity index (χ4n) is 1.67. The molecule has 0 unspecified atom stereocenters. The molecule has 0 aliphatic carbocycles. The Morgan fingerprint density at radius 3 is 2.60 bits per heavy atom. The summed E-state index contributed by atoms with van der Waals surface area (Å²) < 4.78 is 1.50. The molecular formula is C15H18N2O2S. The summed E-state index contributed by atoms with van der Waals surface area (Å²) in [5.41, 5.74) is 0.213. The maximum absolute atomic E-state index is 12.2. The van der Waals surface area contributed by atoms with Crippen molar-refractivity contribution in [3.8, 4) is 0 Å². The van der Waals surface area contributed by atoms with E-state index in [9.17, 15) is 9.59 Å². The van der Waals surface area contributed by atoms with Crippen LogP contribution >= 0.6 is 11.8 Å². The van der Waals surface area contributed by atoms with Crippen LogP contribution in [-0.4, -0.2) is 21.1 Å². The Morgan fingerprint density at radius 1 is 1.30 bits per heavy atom. The SMILES string of the molecule is Cn1c(SCC(=O)C(C)(C)C)nc2ccccc2c1=O. The van der Waals surface area contributed by atoms with Gasteiger partial charge in [-0.3, -0.25) is 14.2 Å². The monoisotopic (exact) mass is 290 g/mol. The normalized spacial score (nSPS) is 11.8. The number of fused-ring (bicyclic) bond motifs is 1. The van der Waals surface area contributed by atoms with Gasteiger partial charge in [-0.2, -0.15) is 0 Å². The van der Waals surface area contributed by atoms with Crippen molar-refractivity contribution in [2.45, 2.75) is 25.9 Å². The van der Waals surface area contributed by atoms with Gasteiger partial charge in [0.2, 0.25) is 0 Å². The van der Waals surface area contributed by atoms with Crippen LogP contribution in [0, 0.1) is 5.41 Å². The summed E-state index contributed by atoms with van der Waals surface area (Å²) in [4.78, 5) is 28.6. The summed E-state index contributed by atoms with van der Waals surface area (Å²) in [5.74, 6) is 0.465. The summed E-state index contributed by atoms with van der Waals surface area (Å²) in [7, 11) is 1.69. The molecule has 4 nitrogen and oxygen atoms in total. The molecule has 0 atom stereocenters. The molecule has 1 aromatic carbocycles. The minimum absolute atomic E-state index is 0.0821. The fraction of sp³-hybridized carbons (Fsp3) is 0.400. The number of aromatic nitrogens is 2. The smallest absolute Gasteiger partial charge is 0.261 e. The summed E-state index contributed by atoms with van der Waals surface area (Å²) in [5, 5.41) is 1.17. The lowest BCUT2D eigenvalue weighted by Gasteiger charge is -2.16. The number of nitrogens with zero attached hydrogens (tertiary/aromatic N) is 2. The van der Waals surface area contributed by atoms with E-state index < -0.39 is 0 Å². The summed E-state index contributed by atoms with van der Waals surface area (Å²) in [6.45, 7) is 5.67. The molecule has 1 heterocycles. The van der Waals surface area contributed by atoms with Gasteiger partial charge in [-0.15, -0.1) is 0 Å². The lowest BCUT2D eigenvalue weighted by molar-refractivity contribution is -0.123. The molecule has 20 heavy (non-hydrogen) atoms. The van der Waals surface area contributed by atoms with Crippen molar-refractivity contribution in [3.63, 3.8) is 0 Å². The van der Waals surface area contributed by atoms with Crippen molar-refractivity contribution in [1.29, 1.82) is 0 Å². The Hall–Kier alpha value is -1.62. The number of carbonyl (C=O) groups is 1. The highest BCUT2D eigenvalue weighted by Gasteiger charge is 2.21. The Labute approximate surface area is 122 Å². The molecule has 0 radical (unpaired) electrons. The van der Waals surface area contributed by atoms with Crippen molar-refractivity contribution in [2.24, 2.45) is 12.5 Å². The molecule has 0 aliphatic rings. The number of hydrogen-bond donors (Lipinski definition) is 0. The number of benzene rings is 1. The number of carbonyl (C=O) groups excluding carboxylic acids is 1. The zero-order chi connectivity index (χ0) is 14.9. The summed E-state index contributed by atoms with van der Waals surface area (Å²) in [6, 6.07) is 7.25. The Bertz CT molecular complexity index is 714. The first-order chi connectivity index (χ1) is 9.30. The highest BCUT2D eigenvalue weighted by Crippen LogP contribution is 2.22. The third-order valence-corrected chi connectivity index (χ3v) is 4.14. The first-order valence-electron chi connectivity index (χ1n) is 6.42. The molecule has 0 bridgehead atoms. The lowest BCUT2D eigenvalue weighted by atomic mass is 9.92. The van der Waals surface area contributed by atoms with Crippen LogP contribution in [0.5, 0.6) is 0 Å². The second-order valence-electron chi connectivity index (χ2n) is 5.74. The van der Waals surface area contributed by atoms with E-state index in [0.717, 1.165) is 0 Å². The Balaban J connectivity index is 2.34. The molecule has 2 rings (SSSR count). The maximum atomic E-state index is 12.2. The van der Waals surface area contributed by atoms with Gasteiger partial charge in [-0.05, 0) is 12.1 Å². The predicted octanol–water partition coefficient (Wildman–Crippen LogP) is 2.64. The molecule has 0 saturated carbocycles. The van der Waals surface area contributed by atoms with Crippen molar-refractivity contribution in [3.05, 3.63) is 34.6 Å². The van der Waals surface area contributed by atoms with Crippen molar-refractivity contribution in [1.82, 2.24) is 9.55 Å². The number of rotatable bonds is 3. The third kappa shape index (κ3) is 2.93. The van der Waals surface area contributed by atoms with Crippen molar-refractivity contribution in [2.75, 3.05) is 5.75 Å². The van der Waals surface area contributed by atoms with E-state index in [-0.39, 0.29) is 16.8 Å². The topological polar surface area (TPSA) is 52.0 Å². The zero-order valence-corrected chi connectivity index (χ0v) is 13.0. The standard InChI is InChI=1S/C15H18N2O2S/c1-15(2,3)12(18)9-20-14-16-11-8-6-5-7-10(11)13(19)17(14)4/h5-8H,9H2,1-4H3. The first-order valence-corrected chi connectivity index (χ1v) is 7.41. The number of Topliss-reactive ketones (excluding diaryl/α,β-unsaturated/α-hetero) is 1. The lowest BCUT2D eigenvalue weighted by Crippen LogP contribution is -2.24. The second-order valence-corrected chi connectivity index (χ2v) is 6.68. The molecule has 2 aromatic rings. The van der Waals surface area contributed by atoms with Crippen LogP contribution in [0.3, 0.4) is 0 Å². The zero-order valence-electron chi connectivity index (χ0n) is 12.1. The van der Waals surface area contributed by atoms with Crippen LogP contribution < -0.4 is 5.56 Å². The summed E-state index contributed by atoms with van der Waals surface area (Å²) >= 11 is 1.31. The van der Waals surface area contributed by atoms with Gasteiger partial charge in [0.15, 0.2) is 5.16 Å². The van der Waals surface area contributed by atoms with E-state index >= 15 is 0 Å². The van der Waals surface area contributed by atoms with Gasteiger partial charge in [0.25, 0.3) is 5.56 Å². The average Bonchev–Trinajstić information content (AvgIpc) is 2.40. The van der Waals surface area contributed by atoms with Crippen molar-refractivity contribution >= 4 is 28.4 Å². The molecule has 0 spiro atoms. The van der Waals surface area contributed by atoms with E-state index in [2.05, 4.69) is 4.98 Å². The maximum Gasteiger partial charge on any atom is 0.261 e. The molecule has 1 aromatic heterocycles. The molecule has 0 amide bonds. The van der Waals surface area contributed by atoms with Crippen LogP contribution in [0.25, 0.3) is 10.9 Å². The quantitative estimate of drug-likeness (QED) is 0.644. The largest absolute Gasteiger partial charge is 0.298 e. The highest BCUT2D eigenvalue weighted by atomic mass is 32.2. The molecule has 5 heteroatoms. The second kappa shape index (κ2) is 5.40. The Morgan fingerprint density at radius 2 is 1.95 bits per heavy atom. The number of ketones is 1. The van der Waals surface area contributed by atoms with E-state index in [0.29, 0.717) is 21.8 Å². The van der Waals surface area contributed by atoms with Gasteiger partial charge in [0.1, 0.15) is 5.78 Å². The van der Waals surface area contributed by atoms with Crippen LogP contribution in [0.2, 0.25) is 0 Å². The third-order valence-electron chi connectivity index (χ3n) is 3.11. The van der Waals surface area contributed by atoms with Crippen LogP contribution in [-0.2, 0) is 11.8 Å². The fourth-order valence-corrected chi connectivity index (χ4v) is 2.81. The molecule has 0 aliphatic heterocycles. The van der Waals surface area contributed by atoms with E-state index in [1.807, 2.05) is 39.0 Å². The minimum Gasteiger partial charge on any atom is -0.298 e. The summed E-state index contributed by atoms with van der Waals surface area (Å²) in [6.07, 6.45) is 0. The molecular weight excluding hydrogens is 272 g/mol. The van der Waals surface area contributed by atoms with E-state index in [1.54, 1.807) is 13.1 Å². The van der Waals surface area contributed by atoms with E-state index in [4.69, 9.17) is 0 Å². The molecule has 0 fully saturated rings. The van der Waals surface area contributed by atoms with Gasteiger partial charge in [-0.25, -0.2) is 4.98 Å². The Kier molecular flexibility index (Phi) is 3.99. The molecule has 106 valence electrons. The van der Waals surface area contributed by atoms with Gasteiger partial charge in [0.05, 0.1) is 16.7 Å². The van der Waals surface area contributed by atoms with Crippen molar-refractivity contribution < 1.29 is 4.79 Å². The average molecular weight is 290 g/mol.